The maximum absolute atomic E-state index is 11.9. The number of carbonyl (C=O) groups excluding carboxylic acids is 1. The molecule has 0 amide bonds. The van der Waals surface area contributed by atoms with Gasteiger partial charge in [0.25, 0.3) is 0 Å². The number of nitrogens with one attached hydrogen (secondary N) is 1. The molecule has 1 saturated heterocycles. The highest BCUT2D eigenvalue weighted by Crippen LogP contribution is 2.21. The van der Waals surface area contributed by atoms with Crippen LogP contribution in [0.3, 0.4) is 0 Å². The zero-order chi connectivity index (χ0) is 11.4. The van der Waals surface area contributed by atoms with Gasteiger partial charge in [-0.2, -0.15) is 0 Å². The topological polar surface area (TPSA) is 34.0 Å². The summed E-state index contributed by atoms with van der Waals surface area (Å²) < 4.78 is 2.13. The van der Waals surface area contributed by atoms with Crippen molar-refractivity contribution in [2.75, 3.05) is 13.1 Å². The number of hydrogen-bond acceptors (Lipinski definition) is 2. The largest absolute Gasteiger partial charge is 0.342 e. The first kappa shape index (κ1) is 11.1. The van der Waals surface area contributed by atoms with Crippen LogP contribution in [0.5, 0.6) is 0 Å². The second-order valence-electron chi connectivity index (χ2n) is 4.20. The van der Waals surface area contributed by atoms with E-state index >= 15 is 0 Å². The minimum Gasteiger partial charge on any atom is -0.342 e. The second-order valence-corrected chi connectivity index (χ2v) is 4.20. The summed E-state index contributed by atoms with van der Waals surface area (Å²) in [7, 11) is 0. The van der Waals surface area contributed by atoms with Crippen molar-refractivity contribution >= 4 is 5.78 Å². The lowest BCUT2D eigenvalue weighted by Crippen LogP contribution is -2.30. The van der Waals surface area contributed by atoms with Crippen LogP contribution in [-0.4, -0.2) is 23.4 Å². The first-order valence-electron chi connectivity index (χ1n) is 5.84. The Morgan fingerprint density at radius 1 is 1.56 bits per heavy atom. The molecule has 0 bridgehead atoms. The molecule has 2 heterocycles. The van der Waals surface area contributed by atoms with Gasteiger partial charge in [0.05, 0.1) is 5.69 Å². The molecule has 1 aliphatic rings. The van der Waals surface area contributed by atoms with Crippen LogP contribution in [0.25, 0.3) is 0 Å². The van der Waals surface area contributed by atoms with E-state index in [9.17, 15) is 4.79 Å². The molecule has 0 aliphatic carbocycles. The van der Waals surface area contributed by atoms with Gasteiger partial charge in [-0.25, -0.2) is 0 Å². The van der Waals surface area contributed by atoms with E-state index in [1.807, 2.05) is 18.3 Å². The van der Waals surface area contributed by atoms with Crippen LogP contribution in [-0.2, 0) is 0 Å². The van der Waals surface area contributed by atoms with E-state index in [2.05, 4.69) is 16.5 Å². The number of Topliss-reactive ketones (excluding diaryl/α,β-unsaturated/α-hetero) is 1. The number of carbonyl (C=O) groups is 1. The third kappa shape index (κ3) is 2.25. The fourth-order valence-electron chi connectivity index (χ4n) is 2.27. The van der Waals surface area contributed by atoms with E-state index in [0.717, 1.165) is 31.6 Å². The van der Waals surface area contributed by atoms with Crippen molar-refractivity contribution in [1.82, 2.24) is 9.88 Å². The van der Waals surface area contributed by atoms with E-state index in [1.54, 1.807) is 6.08 Å². The van der Waals surface area contributed by atoms with E-state index in [4.69, 9.17) is 0 Å². The maximum atomic E-state index is 11.9. The number of nitrogens with zero attached hydrogens (tertiary/aromatic N) is 1. The van der Waals surface area contributed by atoms with Gasteiger partial charge in [0.1, 0.15) is 0 Å². The average molecular weight is 218 g/mol. The van der Waals surface area contributed by atoms with E-state index in [-0.39, 0.29) is 5.78 Å². The summed E-state index contributed by atoms with van der Waals surface area (Å²) in [6.45, 7) is 5.69. The molecule has 2 rings (SSSR count). The molecule has 0 unspecified atom stereocenters. The SMILES string of the molecule is C=CCC(=O)c1cccn1C1CCNCC1. The Hall–Kier alpha value is -1.35. The quantitative estimate of drug-likeness (QED) is 0.621. The molecule has 0 atom stereocenters. The number of ketones is 1. The fourth-order valence-corrected chi connectivity index (χ4v) is 2.27. The minimum absolute atomic E-state index is 0.165. The molecule has 0 saturated carbocycles. The minimum atomic E-state index is 0.165. The van der Waals surface area contributed by atoms with Crippen LogP contribution < -0.4 is 5.32 Å². The van der Waals surface area contributed by atoms with Crippen molar-refractivity contribution in [3.8, 4) is 0 Å². The lowest BCUT2D eigenvalue weighted by atomic mass is 10.1. The smallest absolute Gasteiger partial charge is 0.182 e. The van der Waals surface area contributed by atoms with E-state index < -0.39 is 0 Å². The highest BCUT2D eigenvalue weighted by atomic mass is 16.1. The molecule has 0 spiro atoms. The van der Waals surface area contributed by atoms with Gasteiger partial charge >= 0.3 is 0 Å². The molecule has 1 aromatic rings. The predicted molar refractivity (Wildman–Crippen MR) is 64.7 cm³/mol. The van der Waals surface area contributed by atoms with Gasteiger partial charge in [-0.1, -0.05) is 6.08 Å². The summed E-state index contributed by atoms with van der Waals surface area (Å²) in [5.41, 5.74) is 0.826. The Bertz CT molecular complexity index is 375. The molecular formula is C13H18N2O. The van der Waals surface area contributed by atoms with Crippen LogP contribution in [0, 0.1) is 0 Å². The van der Waals surface area contributed by atoms with Crippen molar-refractivity contribution in [1.29, 1.82) is 0 Å². The molecule has 16 heavy (non-hydrogen) atoms. The standard InChI is InChI=1S/C13H18N2O/c1-2-4-13(16)12-5-3-10-15(12)11-6-8-14-9-7-11/h2-3,5,10-11,14H,1,4,6-9H2. The monoisotopic (exact) mass is 218 g/mol. The first-order chi connectivity index (χ1) is 7.83. The maximum Gasteiger partial charge on any atom is 0.182 e. The number of piperidine rings is 1. The highest BCUT2D eigenvalue weighted by Gasteiger charge is 2.18. The lowest BCUT2D eigenvalue weighted by Gasteiger charge is -2.25. The van der Waals surface area contributed by atoms with Gasteiger partial charge < -0.3 is 9.88 Å². The van der Waals surface area contributed by atoms with Crippen LogP contribution in [0.15, 0.2) is 31.0 Å². The summed E-state index contributed by atoms with van der Waals surface area (Å²) in [6, 6.07) is 4.34. The molecule has 1 fully saturated rings. The van der Waals surface area contributed by atoms with E-state index in [0.29, 0.717) is 12.5 Å². The normalized spacial score (nSPS) is 17.2. The molecule has 1 N–H and O–H groups in total. The summed E-state index contributed by atoms with van der Waals surface area (Å²) in [5.74, 6) is 0.165. The summed E-state index contributed by atoms with van der Waals surface area (Å²) in [6.07, 6.45) is 6.31. The van der Waals surface area contributed by atoms with Crippen molar-refractivity contribution in [3.63, 3.8) is 0 Å². The Kier molecular flexibility index (Phi) is 3.57. The van der Waals surface area contributed by atoms with E-state index in [1.165, 1.54) is 0 Å². The Morgan fingerprint density at radius 3 is 3.00 bits per heavy atom. The number of allylic oxidation sites excluding steroid dienone is 1. The third-order valence-electron chi connectivity index (χ3n) is 3.10. The van der Waals surface area contributed by atoms with Gasteiger partial charge in [0, 0.05) is 18.7 Å². The Balaban J connectivity index is 2.17. The molecular weight excluding hydrogens is 200 g/mol. The zero-order valence-corrected chi connectivity index (χ0v) is 9.48. The number of hydrogen-bond donors (Lipinski definition) is 1. The van der Waals surface area contributed by atoms with Crippen LogP contribution in [0.1, 0.15) is 35.8 Å². The van der Waals surface area contributed by atoms with Gasteiger partial charge in [-0.05, 0) is 38.1 Å². The van der Waals surface area contributed by atoms with Gasteiger partial charge in [0.15, 0.2) is 5.78 Å². The average Bonchev–Trinajstić information content (AvgIpc) is 2.79. The van der Waals surface area contributed by atoms with Crippen molar-refractivity contribution in [2.24, 2.45) is 0 Å². The van der Waals surface area contributed by atoms with Crippen LogP contribution in [0.2, 0.25) is 0 Å². The molecule has 3 heteroatoms. The molecule has 1 aliphatic heterocycles. The van der Waals surface area contributed by atoms with Gasteiger partial charge in [-0.15, -0.1) is 6.58 Å². The van der Waals surface area contributed by atoms with Crippen LogP contribution >= 0.6 is 0 Å². The summed E-state index contributed by atoms with van der Waals surface area (Å²) in [4.78, 5) is 11.9. The molecule has 0 aromatic carbocycles. The van der Waals surface area contributed by atoms with Crippen molar-refractivity contribution < 1.29 is 4.79 Å². The number of rotatable bonds is 4. The van der Waals surface area contributed by atoms with Gasteiger partial charge in [-0.3, -0.25) is 4.79 Å². The third-order valence-corrected chi connectivity index (χ3v) is 3.10. The predicted octanol–water partition coefficient (Wildman–Crippen LogP) is 2.17. The van der Waals surface area contributed by atoms with Crippen molar-refractivity contribution in [2.45, 2.75) is 25.3 Å². The van der Waals surface area contributed by atoms with Gasteiger partial charge in [0.2, 0.25) is 0 Å². The fraction of sp³-hybridized carbons (Fsp3) is 0.462. The molecule has 86 valence electrons. The Labute approximate surface area is 96.2 Å². The number of aromatic nitrogens is 1. The zero-order valence-electron chi connectivity index (χ0n) is 9.48. The summed E-state index contributed by atoms with van der Waals surface area (Å²) >= 11 is 0. The summed E-state index contributed by atoms with van der Waals surface area (Å²) in [5, 5.41) is 3.34. The van der Waals surface area contributed by atoms with Crippen molar-refractivity contribution in [3.05, 3.63) is 36.7 Å². The molecule has 0 radical (unpaired) electrons. The second kappa shape index (κ2) is 5.12. The van der Waals surface area contributed by atoms with Crippen LogP contribution in [0.4, 0.5) is 0 Å². The first-order valence-corrected chi connectivity index (χ1v) is 5.84. The highest BCUT2D eigenvalue weighted by molar-refractivity contribution is 5.95. The molecule has 1 aromatic heterocycles. The lowest BCUT2D eigenvalue weighted by molar-refractivity contribution is 0.0983. The molecule has 3 nitrogen and oxygen atoms in total. The Morgan fingerprint density at radius 2 is 2.31 bits per heavy atom.